The average Bonchev–Trinajstić information content (AvgIpc) is 2.05. The summed E-state index contributed by atoms with van der Waals surface area (Å²) in [7, 11) is 0. The van der Waals surface area contributed by atoms with E-state index in [2.05, 4.69) is 0 Å². The first-order valence-electron chi connectivity index (χ1n) is 3.95. The van der Waals surface area contributed by atoms with Gasteiger partial charge in [-0.05, 0) is 18.9 Å². The molecule has 0 aromatic heterocycles. The van der Waals surface area contributed by atoms with Gasteiger partial charge in [0.25, 0.3) is 0 Å². The zero-order valence-corrected chi connectivity index (χ0v) is 5.99. The Hall–Kier alpha value is -0.820. The Morgan fingerprint density at radius 2 is 2.10 bits per heavy atom. The van der Waals surface area contributed by atoms with E-state index in [1.807, 2.05) is 30.3 Å². The van der Waals surface area contributed by atoms with Crippen LogP contribution in [0.1, 0.15) is 13.9 Å². The minimum Gasteiger partial charge on any atom is -0.393 e. The molecule has 1 N–H and O–H groups in total. The number of hydrogen-bond donors (Lipinski definition) is 1. The van der Waals surface area contributed by atoms with E-state index in [9.17, 15) is 0 Å². The first-order valence-corrected chi connectivity index (χ1v) is 3.37. The van der Waals surface area contributed by atoms with Crippen LogP contribution in [0.15, 0.2) is 30.3 Å². The van der Waals surface area contributed by atoms with E-state index in [1.54, 1.807) is 6.92 Å². The normalized spacial score (nSPS) is 17.6. The fourth-order valence-corrected chi connectivity index (χ4v) is 0.843. The Labute approximate surface area is 62.7 Å². The van der Waals surface area contributed by atoms with Crippen LogP contribution in [0.4, 0.5) is 0 Å². The van der Waals surface area contributed by atoms with Crippen molar-refractivity contribution in [2.75, 3.05) is 0 Å². The van der Waals surface area contributed by atoms with Gasteiger partial charge in [0.2, 0.25) is 0 Å². The Morgan fingerprint density at radius 3 is 2.60 bits per heavy atom. The Morgan fingerprint density at radius 1 is 1.50 bits per heavy atom. The van der Waals surface area contributed by atoms with Crippen molar-refractivity contribution in [2.24, 2.45) is 0 Å². The predicted molar refractivity (Wildman–Crippen MR) is 41.8 cm³/mol. The molecule has 0 aliphatic carbocycles. The molecule has 0 amide bonds. The lowest BCUT2D eigenvalue weighted by Gasteiger charge is -2.01. The van der Waals surface area contributed by atoms with Crippen molar-refractivity contribution in [1.82, 2.24) is 0 Å². The fraction of sp³-hybridized carbons (Fsp3) is 0.333. The summed E-state index contributed by atoms with van der Waals surface area (Å²) in [5.41, 5.74) is 0.863. The van der Waals surface area contributed by atoms with Crippen molar-refractivity contribution in [3.8, 4) is 0 Å². The summed E-state index contributed by atoms with van der Waals surface area (Å²) in [6, 6.07) is 9.35. The Bertz CT molecular complexity index is 208. The molecule has 0 heterocycles. The highest BCUT2D eigenvalue weighted by atomic mass is 16.3. The first kappa shape index (κ1) is 5.93. The highest BCUT2D eigenvalue weighted by Gasteiger charge is 1.95. The third-order valence-electron chi connectivity index (χ3n) is 1.23. The van der Waals surface area contributed by atoms with E-state index in [0.717, 1.165) is 5.56 Å². The molecule has 1 nitrogen and oxygen atoms in total. The molecule has 0 saturated heterocycles. The molecule has 0 spiro atoms. The van der Waals surface area contributed by atoms with E-state index in [0.29, 0.717) is 0 Å². The van der Waals surface area contributed by atoms with Crippen LogP contribution in [0, 0.1) is 0 Å². The monoisotopic (exact) mass is 137 g/mol. The summed E-state index contributed by atoms with van der Waals surface area (Å²) in [4.78, 5) is 0. The molecule has 0 aliphatic heterocycles. The number of aliphatic hydroxyl groups excluding tert-OH is 1. The molecular formula is C9H12O. The van der Waals surface area contributed by atoms with Crippen LogP contribution in [-0.2, 0) is 6.40 Å². The van der Waals surface area contributed by atoms with Gasteiger partial charge in [0, 0.05) is 1.37 Å². The summed E-state index contributed by atoms with van der Waals surface area (Å²) in [6.45, 7) is 1.63. The summed E-state index contributed by atoms with van der Waals surface area (Å²) in [5, 5.41) is 9.09. The Balaban J connectivity index is 2.77. The molecule has 0 saturated carbocycles. The summed E-state index contributed by atoms with van der Waals surface area (Å²) >= 11 is 0. The van der Waals surface area contributed by atoms with Gasteiger partial charge in [-0.1, -0.05) is 30.3 Å². The van der Waals surface area contributed by atoms with E-state index in [1.165, 1.54) is 0 Å². The van der Waals surface area contributed by atoms with Gasteiger partial charge >= 0.3 is 0 Å². The quantitative estimate of drug-likeness (QED) is 0.656. The van der Waals surface area contributed by atoms with Crippen molar-refractivity contribution >= 4 is 0 Å². The van der Waals surface area contributed by atoms with Gasteiger partial charge in [-0.2, -0.15) is 0 Å². The standard InChI is InChI=1S/C9H12O/c1-8(10)7-9-5-3-2-4-6-9/h2-6,8,10H,7H2,1H3/t8-/m0/s1/i7D/t7-,8+/m1. The number of rotatable bonds is 2. The molecule has 0 unspecified atom stereocenters. The predicted octanol–water partition coefficient (Wildman–Crippen LogP) is 1.61. The molecule has 2 atom stereocenters. The maximum atomic E-state index is 9.09. The number of aliphatic hydroxyl groups is 1. The van der Waals surface area contributed by atoms with Gasteiger partial charge < -0.3 is 5.11 Å². The van der Waals surface area contributed by atoms with Gasteiger partial charge in [-0.3, -0.25) is 0 Å². The van der Waals surface area contributed by atoms with Gasteiger partial charge in [0.15, 0.2) is 0 Å². The SMILES string of the molecule is [2H][C@@H](c1ccccc1)[C@H](C)O. The highest BCUT2D eigenvalue weighted by molar-refractivity contribution is 5.15. The van der Waals surface area contributed by atoms with Crippen molar-refractivity contribution in [3.05, 3.63) is 35.9 Å². The zero-order chi connectivity index (χ0) is 8.27. The van der Waals surface area contributed by atoms with Crippen LogP contribution < -0.4 is 0 Å². The molecule has 0 fully saturated rings. The van der Waals surface area contributed by atoms with Crippen molar-refractivity contribution in [1.29, 1.82) is 0 Å². The molecule has 0 radical (unpaired) electrons. The molecule has 1 aromatic carbocycles. The smallest absolute Gasteiger partial charge is 0.0552 e. The van der Waals surface area contributed by atoms with Gasteiger partial charge in [-0.25, -0.2) is 0 Å². The molecule has 54 valence electrons. The van der Waals surface area contributed by atoms with Gasteiger partial charge in [0.1, 0.15) is 0 Å². The summed E-state index contributed by atoms with van der Waals surface area (Å²) < 4.78 is 7.52. The largest absolute Gasteiger partial charge is 0.393 e. The summed E-state index contributed by atoms with van der Waals surface area (Å²) in [5.74, 6) is 0. The van der Waals surface area contributed by atoms with E-state index in [-0.39, 0.29) is 0 Å². The second-order valence-electron chi connectivity index (χ2n) is 2.32. The van der Waals surface area contributed by atoms with Crippen LogP contribution in [0.5, 0.6) is 0 Å². The number of benzene rings is 1. The van der Waals surface area contributed by atoms with Crippen molar-refractivity contribution in [2.45, 2.75) is 19.4 Å². The molecule has 1 heteroatoms. The highest BCUT2D eigenvalue weighted by Crippen LogP contribution is 2.01. The minimum atomic E-state index is -0.600. The van der Waals surface area contributed by atoms with Crippen LogP contribution >= 0.6 is 0 Å². The average molecular weight is 137 g/mol. The maximum absolute atomic E-state index is 9.09. The molecule has 0 bridgehead atoms. The lowest BCUT2D eigenvalue weighted by molar-refractivity contribution is 0.195. The third kappa shape index (κ3) is 2.19. The Kier molecular flexibility index (Phi) is 2.00. The van der Waals surface area contributed by atoms with Gasteiger partial charge in [0.05, 0.1) is 6.10 Å². The fourth-order valence-electron chi connectivity index (χ4n) is 0.843. The van der Waals surface area contributed by atoms with Crippen LogP contribution in [0.2, 0.25) is 0 Å². The van der Waals surface area contributed by atoms with E-state index in [4.69, 9.17) is 6.48 Å². The van der Waals surface area contributed by atoms with Crippen LogP contribution in [0.3, 0.4) is 0 Å². The molecule has 0 aliphatic rings. The van der Waals surface area contributed by atoms with Crippen molar-refractivity contribution < 1.29 is 6.48 Å². The molecule has 1 aromatic rings. The number of hydrogen-bond acceptors (Lipinski definition) is 1. The summed E-state index contributed by atoms with van der Waals surface area (Å²) in [6.07, 6.45) is -1.12. The third-order valence-corrected chi connectivity index (χ3v) is 1.23. The van der Waals surface area contributed by atoms with Crippen LogP contribution in [0.25, 0.3) is 0 Å². The van der Waals surface area contributed by atoms with Gasteiger partial charge in [-0.15, -0.1) is 0 Å². The van der Waals surface area contributed by atoms with Crippen LogP contribution in [-0.4, -0.2) is 11.2 Å². The van der Waals surface area contributed by atoms with E-state index >= 15 is 0 Å². The lowest BCUT2D eigenvalue weighted by atomic mass is 10.1. The molecular weight excluding hydrogens is 124 g/mol. The van der Waals surface area contributed by atoms with E-state index < -0.39 is 12.5 Å². The van der Waals surface area contributed by atoms with Crippen molar-refractivity contribution in [3.63, 3.8) is 0 Å². The lowest BCUT2D eigenvalue weighted by Crippen LogP contribution is -2.03. The minimum absolute atomic E-state index is 0.517. The molecule has 1 rings (SSSR count). The molecule has 10 heavy (non-hydrogen) atoms. The first-order chi connectivity index (χ1) is 5.22. The second kappa shape index (κ2) is 3.37. The second-order valence-corrected chi connectivity index (χ2v) is 2.32. The topological polar surface area (TPSA) is 20.2 Å². The zero-order valence-electron chi connectivity index (χ0n) is 6.99. The maximum Gasteiger partial charge on any atom is 0.0552 e.